The molecular formula is C25H27F4N7O3. The number of hydrazine groups is 2. The van der Waals surface area contributed by atoms with E-state index in [-0.39, 0.29) is 11.6 Å². The lowest BCUT2D eigenvalue weighted by molar-refractivity contribution is -0.141. The van der Waals surface area contributed by atoms with Gasteiger partial charge in [0, 0.05) is 12.6 Å². The first-order valence-electron chi connectivity index (χ1n) is 12.4. The van der Waals surface area contributed by atoms with Crippen molar-refractivity contribution in [1.29, 1.82) is 0 Å². The van der Waals surface area contributed by atoms with Gasteiger partial charge in [-0.15, -0.1) is 10.6 Å². The van der Waals surface area contributed by atoms with Gasteiger partial charge in [-0.25, -0.2) is 23.3 Å². The number of rotatable bonds is 8. The molecule has 2 amide bonds. The van der Waals surface area contributed by atoms with Gasteiger partial charge in [0.2, 0.25) is 23.6 Å². The molecule has 3 aliphatic rings. The summed E-state index contributed by atoms with van der Waals surface area (Å²) in [6.45, 7) is -1.32. The fourth-order valence-corrected chi connectivity index (χ4v) is 4.82. The summed E-state index contributed by atoms with van der Waals surface area (Å²) in [7, 11) is 1.35. The standard InChI is InChI=1S/C25H27F4N7O3/c1-34-32-24(22(27)28)36(33-34)12-18(37)35-11-16(26)21(38)20(35)25(39)31-19(14-5-3-2-4-6-14)17-10-9-15(13-7-8-13)23(29)30-17/h2-6,9-10,13,16,19-22,33,38H,7-8,11-12H2,1H3,(H,31,39)/t16-,19+,20+,21+/m1/s1. The molecule has 0 radical (unpaired) electrons. The number of alkyl halides is 3. The summed E-state index contributed by atoms with van der Waals surface area (Å²) < 4.78 is 56.1. The predicted octanol–water partition coefficient (Wildman–Crippen LogP) is 1.46. The topological polar surface area (TPSA) is 113 Å². The molecule has 2 fully saturated rings. The molecule has 1 aliphatic carbocycles. The van der Waals surface area contributed by atoms with E-state index in [0.717, 1.165) is 27.9 Å². The number of benzene rings is 1. The molecule has 39 heavy (non-hydrogen) atoms. The predicted molar refractivity (Wildman–Crippen MR) is 130 cm³/mol. The normalized spacial score (nSPS) is 23.8. The maximum atomic E-state index is 14.8. The van der Waals surface area contributed by atoms with Crippen molar-refractivity contribution < 1.29 is 32.3 Å². The number of hydrogen-bond donors (Lipinski definition) is 3. The van der Waals surface area contributed by atoms with Gasteiger partial charge >= 0.3 is 0 Å². The number of halogens is 4. The second kappa shape index (κ2) is 10.8. The molecule has 1 saturated carbocycles. The third kappa shape index (κ3) is 5.52. The van der Waals surface area contributed by atoms with Crippen LogP contribution in [0.15, 0.2) is 47.6 Å². The van der Waals surface area contributed by atoms with Gasteiger partial charge in [0.25, 0.3) is 6.43 Å². The molecule has 3 heterocycles. The number of likely N-dealkylation sites (tertiary alicyclic amines) is 1. The second-order valence-electron chi connectivity index (χ2n) is 9.71. The smallest absolute Gasteiger partial charge is 0.298 e. The van der Waals surface area contributed by atoms with E-state index in [1.165, 1.54) is 7.05 Å². The Kier molecular flexibility index (Phi) is 7.40. The SMILES string of the molecule is CN1N=C(C(F)F)N(CC(=O)N2C[C@@H](F)[C@H](O)[C@H]2C(=O)N[C@@H](c2ccccc2)c2ccc(C3CC3)c(F)n2)N1. The second-order valence-corrected chi connectivity index (χ2v) is 9.71. The molecule has 10 nitrogen and oxygen atoms in total. The molecule has 0 unspecified atom stereocenters. The molecule has 5 rings (SSSR count). The number of aliphatic hydroxyl groups excluding tert-OH is 1. The van der Waals surface area contributed by atoms with Crippen LogP contribution in [0.2, 0.25) is 0 Å². The van der Waals surface area contributed by atoms with Crippen LogP contribution in [0.25, 0.3) is 0 Å². The fraction of sp³-hybridized carbons (Fsp3) is 0.440. The molecule has 1 saturated heterocycles. The average Bonchev–Trinajstić information content (AvgIpc) is 3.61. The van der Waals surface area contributed by atoms with Crippen LogP contribution in [0.4, 0.5) is 17.6 Å². The van der Waals surface area contributed by atoms with Crippen LogP contribution >= 0.6 is 0 Å². The number of carbonyl (C=O) groups is 2. The van der Waals surface area contributed by atoms with Crippen LogP contribution in [-0.2, 0) is 9.59 Å². The number of aliphatic hydroxyl groups is 1. The van der Waals surface area contributed by atoms with Crippen molar-refractivity contribution in [2.45, 2.75) is 49.5 Å². The highest BCUT2D eigenvalue weighted by molar-refractivity contribution is 5.93. The Hall–Kier alpha value is -3.78. The fourth-order valence-electron chi connectivity index (χ4n) is 4.82. The highest BCUT2D eigenvalue weighted by atomic mass is 19.3. The Bertz CT molecular complexity index is 1260. The lowest BCUT2D eigenvalue weighted by atomic mass is 10.0. The lowest BCUT2D eigenvalue weighted by Crippen LogP contribution is -2.55. The van der Waals surface area contributed by atoms with E-state index in [9.17, 15) is 32.3 Å². The first-order valence-corrected chi connectivity index (χ1v) is 12.4. The monoisotopic (exact) mass is 549 g/mol. The van der Waals surface area contributed by atoms with Crippen molar-refractivity contribution in [2.24, 2.45) is 5.10 Å². The summed E-state index contributed by atoms with van der Waals surface area (Å²) in [6, 6.07) is 9.13. The van der Waals surface area contributed by atoms with Gasteiger partial charge in [-0.05, 0) is 30.4 Å². The van der Waals surface area contributed by atoms with E-state index in [2.05, 4.69) is 20.9 Å². The molecule has 4 atom stereocenters. The summed E-state index contributed by atoms with van der Waals surface area (Å²) in [5.41, 5.74) is 3.66. The Morgan fingerprint density at radius 2 is 1.90 bits per heavy atom. The van der Waals surface area contributed by atoms with Crippen molar-refractivity contribution in [2.75, 3.05) is 20.1 Å². The molecule has 0 bridgehead atoms. The van der Waals surface area contributed by atoms with E-state index in [0.29, 0.717) is 11.1 Å². The number of pyridine rings is 1. The molecule has 0 spiro atoms. The van der Waals surface area contributed by atoms with Gasteiger partial charge in [-0.1, -0.05) is 36.4 Å². The minimum Gasteiger partial charge on any atom is -0.387 e. The Balaban J connectivity index is 1.38. The Morgan fingerprint density at radius 1 is 1.18 bits per heavy atom. The van der Waals surface area contributed by atoms with Gasteiger partial charge in [0.15, 0.2) is 0 Å². The average molecular weight is 550 g/mol. The number of aromatic nitrogens is 1. The maximum Gasteiger partial charge on any atom is 0.298 e. The van der Waals surface area contributed by atoms with Gasteiger partial charge in [0.05, 0.1) is 18.3 Å². The lowest BCUT2D eigenvalue weighted by Gasteiger charge is -2.29. The number of hydrazone groups is 1. The summed E-state index contributed by atoms with van der Waals surface area (Å²) in [5.74, 6) is -3.06. The van der Waals surface area contributed by atoms with Crippen LogP contribution in [0.1, 0.15) is 41.6 Å². The van der Waals surface area contributed by atoms with Crippen LogP contribution in [0, 0.1) is 5.95 Å². The van der Waals surface area contributed by atoms with Crippen LogP contribution in [0.3, 0.4) is 0 Å². The number of nitrogens with one attached hydrogen (secondary N) is 2. The first kappa shape index (κ1) is 26.8. The molecule has 208 valence electrons. The van der Waals surface area contributed by atoms with E-state index >= 15 is 0 Å². The first-order chi connectivity index (χ1) is 18.6. The maximum absolute atomic E-state index is 14.8. The molecule has 1 aromatic carbocycles. The van der Waals surface area contributed by atoms with Crippen LogP contribution in [0.5, 0.6) is 0 Å². The molecule has 14 heteroatoms. The molecule has 2 aromatic rings. The van der Waals surface area contributed by atoms with Gasteiger partial charge in [0.1, 0.15) is 24.9 Å². The third-order valence-corrected chi connectivity index (χ3v) is 6.90. The molecular weight excluding hydrogens is 522 g/mol. The van der Waals surface area contributed by atoms with Crippen molar-refractivity contribution in [3.8, 4) is 0 Å². The largest absolute Gasteiger partial charge is 0.387 e. The van der Waals surface area contributed by atoms with E-state index in [1.54, 1.807) is 42.5 Å². The summed E-state index contributed by atoms with van der Waals surface area (Å²) in [5, 5.41) is 18.5. The summed E-state index contributed by atoms with van der Waals surface area (Å²) in [6.07, 6.45) is -5.08. The van der Waals surface area contributed by atoms with E-state index in [1.807, 2.05) is 0 Å². The van der Waals surface area contributed by atoms with Crippen LogP contribution in [-0.4, -0.2) is 87.6 Å². The molecule has 2 aliphatic heterocycles. The highest BCUT2D eigenvalue weighted by Crippen LogP contribution is 2.41. The summed E-state index contributed by atoms with van der Waals surface area (Å²) in [4.78, 5) is 31.4. The van der Waals surface area contributed by atoms with Crippen LogP contribution < -0.4 is 10.9 Å². The van der Waals surface area contributed by atoms with E-state index in [4.69, 9.17) is 0 Å². The van der Waals surface area contributed by atoms with Gasteiger partial charge in [-0.2, -0.15) is 4.39 Å². The Labute approximate surface area is 221 Å². The van der Waals surface area contributed by atoms with Crippen molar-refractivity contribution in [3.05, 3.63) is 65.2 Å². The summed E-state index contributed by atoms with van der Waals surface area (Å²) >= 11 is 0. The zero-order valence-electron chi connectivity index (χ0n) is 20.8. The minimum atomic E-state index is -3.00. The minimum absolute atomic E-state index is 0.117. The van der Waals surface area contributed by atoms with Gasteiger partial charge < -0.3 is 15.3 Å². The van der Waals surface area contributed by atoms with Crippen molar-refractivity contribution in [3.63, 3.8) is 0 Å². The number of nitrogens with zero attached hydrogens (tertiary/aromatic N) is 5. The quantitative estimate of drug-likeness (QED) is 0.338. The molecule has 3 N–H and O–H groups in total. The zero-order valence-corrected chi connectivity index (χ0v) is 20.8. The van der Waals surface area contributed by atoms with Crippen molar-refractivity contribution >= 4 is 17.6 Å². The zero-order chi connectivity index (χ0) is 27.8. The Morgan fingerprint density at radius 3 is 2.54 bits per heavy atom. The number of amidine groups is 1. The van der Waals surface area contributed by atoms with Crippen molar-refractivity contribution in [1.82, 2.24) is 30.9 Å². The number of hydrogen-bond acceptors (Lipinski definition) is 8. The number of amides is 2. The van der Waals surface area contributed by atoms with Gasteiger partial charge in [-0.3, -0.25) is 14.6 Å². The number of carbonyl (C=O) groups excluding carboxylic acids is 2. The van der Waals surface area contributed by atoms with E-state index < -0.39 is 67.5 Å². The third-order valence-electron chi connectivity index (χ3n) is 6.90. The molecule has 1 aromatic heterocycles. The highest BCUT2D eigenvalue weighted by Gasteiger charge is 2.48.